The van der Waals surface area contributed by atoms with Crippen LogP contribution < -0.4 is 0 Å². The number of benzene rings is 1. The Balaban J connectivity index is 3.06. The molecular formula is C17H30O4SSi. The zero-order valence-electron chi connectivity index (χ0n) is 15.3. The van der Waals surface area contributed by atoms with Crippen LogP contribution in [0.25, 0.3) is 0 Å². The molecule has 0 N–H and O–H groups in total. The topological polar surface area (TPSA) is 52.6 Å². The van der Waals surface area contributed by atoms with Gasteiger partial charge >= 0.3 is 0 Å². The molecule has 0 amide bonds. The van der Waals surface area contributed by atoms with Crippen molar-refractivity contribution in [2.75, 3.05) is 0 Å². The van der Waals surface area contributed by atoms with E-state index in [4.69, 9.17) is 8.61 Å². The summed E-state index contributed by atoms with van der Waals surface area (Å²) in [6.45, 7) is 14.2. The van der Waals surface area contributed by atoms with Crippen molar-refractivity contribution in [1.82, 2.24) is 0 Å². The molecule has 132 valence electrons. The van der Waals surface area contributed by atoms with Crippen LogP contribution >= 0.6 is 0 Å². The molecule has 0 bridgehead atoms. The number of hydrogen-bond donors (Lipinski definition) is 0. The molecule has 2 unspecified atom stereocenters. The zero-order valence-corrected chi connectivity index (χ0v) is 17.3. The van der Waals surface area contributed by atoms with Crippen molar-refractivity contribution in [3.8, 4) is 0 Å². The van der Waals surface area contributed by atoms with Crippen molar-refractivity contribution in [3.63, 3.8) is 0 Å². The van der Waals surface area contributed by atoms with Crippen molar-refractivity contribution < 1.29 is 17.0 Å². The number of hydrogen-bond acceptors (Lipinski definition) is 4. The Morgan fingerprint density at radius 1 is 1.13 bits per heavy atom. The molecule has 0 saturated heterocycles. The minimum Gasteiger partial charge on any atom is -0.414 e. The van der Waals surface area contributed by atoms with E-state index in [1.165, 1.54) is 0 Å². The summed E-state index contributed by atoms with van der Waals surface area (Å²) >= 11 is 0. The van der Waals surface area contributed by atoms with Gasteiger partial charge in [0.1, 0.15) is 6.10 Å². The lowest BCUT2D eigenvalue weighted by atomic mass is 9.85. The Hall–Kier alpha value is -0.693. The van der Waals surface area contributed by atoms with Gasteiger partial charge in [-0.1, -0.05) is 45.4 Å². The first kappa shape index (κ1) is 20.4. The molecule has 0 radical (unpaired) electrons. The van der Waals surface area contributed by atoms with Crippen molar-refractivity contribution in [3.05, 3.63) is 29.8 Å². The van der Waals surface area contributed by atoms with Gasteiger partial charge in [-0.05, 0) is 44.0 Å². The molecule has 6 heteroatoms. The summed E-state index contributed by atoms with van der Waals surface area (Å²) in [5.74, 6) is 0. The Morgan fingerprint density at radius 3 is 2.04 bits per heavy atom. The molecule has 0 aliphatic rings. The normalized spacial score (nSPS) is 15.7. The summed E-state index contributed by atoms with van der Waals surface area (Å²) in [4.78, 5) is 0.191. The lowest BCUT2D eigenvalue weighted by Gasteiger charge is -2.37. The Labute approximate surface area is 143 Å². The van der Waals surface area contributed by atoms with Crippen LogP contribution in [0.4, 0.5) is 0 Å². The van der Waals surface area contributed by atoms with Crippen LogP contribution in [0, 0.1) is 12.3 Å². The number of rotatable bonds is 7. The highest BCUT2D eigenvalue weighted by Gasteiger charge is 2.36. The minimum absolute atomic E-state index is 0.191. The van der Waals surface area contributed by atoms with E-state index < -0.39 is 25.3 Å². The van der Waals surface area contributed by atoms with Gasteiger partial charge in [0, 0.05) is 0 Å². The third kappa shape index (κ3) is 6.03. The van der Waals surface area contributed by atoms with E-state index in [9.17, 15) is 8.42 Å². The van der Waals surface area contributed by atoms with Gasteiger partial charge in [0.15, 0.2) is 9.04 Å². The summed E-state index contributed by atoms with van der Waals surface area (Å²) < 4.78 is 36.8. The van der Waals surface area contributed by atoms with Gasteiger partial charge in [-0.15, -0.1) is 0 Å². The molecule has 0 saturated carbocycles. The highest BCUT2D eigenvalue weighted by atomic mass is 32.2. The molecule has 0 fully saturated rings. The maximum atomic E-state index is 12.6. The maximum absolute atomic E-state index is 12.6. The van der Waals surface area contributed by atoms with Crippen LogP contribution in [-0.4, -0.2) is 29.7 Å². The Kier molecular flexibility index (Phi) is 7.01. The van der Waals surface area contributed by atoms with Crippen LogP contribution in [0.3, 0.4) is 0 Å². The van der Waals surface area contributed by atoms with Gasteiger partial charge in [-0.2, -0.15) is 8.42 Å². The van der Waals surface area contributed by atoms with E-state index in [1.54, 1.807) is 24.3 Å². The average molecular weight is 359 g/mol. The predicted molar refractivity (Wildman–Crippen MR) is 96.7 cm³/mol. The highest BCUT2D eigenvalue weighted by molar-refractivity contribution is 7.86. The molecular weight excluding hydrogens is 328 g/mol. The summed E-state index contributed by atoms with van der Waals surface area (Å²) in [6, 6.07) is 6.72. The Bertz CT molecular complexity index is 588. The monoisotopic (exact) mass is 358 g/mol. The van der Waals surface area contributed by atoms with Gasteiger partial charge in [0.2, 0.25) is 0 Å². The lowest BCUT2D eigenvalue weighted by Crippen LogP contribution is -2.44. The van der Waals surface area contributed by atoms with Crippen molar-refractivity contribution in [2.45, 2.75) is 71.2 Å². The van der Waals surface area contributed by atoms with Crippen LogP contribution in [0.2, 0.25) is 13.1 Å². The van der Waals surface area contributed by atoms with Crippen molar-refractivity contribution >= 4 is 19.2 Å². The average Bonchev–Trinajstić information content (AvgIpc) is 2.41. The summed E-state index contributed by atoms with van der Waals surface area (Å²) in [5.41, 5.74) is 0.818. The van der Waals surface area contributed by atoms with Crippen LogP contribution in [-0.2, 0) is 18.7 Å². The van der Waals surface area contributed by atoms with Gasteiger partial charge in [0.05, 0.1) is 11.0 Å². The number of aryl methyl sites for hydroxylation is 1. The largest absolute Gasteiger partial charge is 0.414 e. The first-order valence-corrected chi connectivity index (χ1v) is 12.3. The van der Waals surface area contributed by atoms with Crippen LogP contribution in [0.15, 0.2) is 29.2 Å². The molecule has 1 aromatic rings. The molecule has 4 nitrogen and oxygen atoms in total. The van der Waals surface area contributed by atoms with Gasteiger partial charge < -0.3 is 4.43 Å². The van der Waals surface area contributed by atoms with E-state index in [0.717, 1.165) is 5.56 Å². The van der Waals surface area contributed by atoms with Crippen LogP contribution in [0.1, 0.15) is 39.7 Å². The predicted octanol–water partition coefficient (Wildman–Crippen LogP) is 3.89. The Morgan fingerprint density at radius 2 is 1.65 bits per heavy atom. The molecule has 1 aromatic carbocycles. The van der Waals surface area contributed by atoms with Crippen molar-refractivity contribution in [2.24, 2.45) is 5.41 Å². The second-order valence-corrected chi connectivity index (χ2v) is 11.2. The fourth-order valence-electron chi connectivity index (χ4n) is 2.40. The van der Waals surface area contributed by atoms with Gasteiger partial charge in [-0.25, -0.2) is 0 Å². The van der Waals surface area contributed by atoms with E-state index in [-0.39, 0.29) is 16.4 Å². The van der Waals surface area contributed by atoms with E-state index in [2.05, 4.69) is 33.9 Å². The molecule has 0 spiro atoms. The molecule has 0 aliphatic heterocycles. The molecule has 2 atom stereocenters. The van der Waals surface area contributed by atoms with Crippen molar-refractivity contribution in [1.29, 1.82) is 0 Å². The maximum Gasteiger partial charge on any atom is 0.297 e. The smallest absolute Gasteiger partial charge is 0.297 e. The first-order valence-electron chi connectivity index (χ1n) is 8.12. The minimum atomic E-state index is -3.79. The van der Waals surface area contributed by atoms with E-state index in [0.29, 0.717) is 6.42 Å². The second kappa shape index (κ2) is 7.92. The summed E-state index contributed by atoms with van der Waals surface area (Å²) in [5, 5.41) is 0. The lowest BCUT2D eigenvalue weighted by molar-refractivity contribution is -0.0135. The third-order valence-corrected chi connectivity index (χ3v) is 5.76. The zero-order chi connectivity index (χ0) is 17.8. The molecule has 23 heavy (non-hydrogen) atoms. The molecule has 0 aromatic heterocycles. The van der Waals surface area contributed by atoms with Crippen LogP contribution in [0.5, 0.6) is 0 Å². The second-order valence-electron chi connectivity index (χ2n) is 7.28. The summed E-state index contributed by atoms with van der Waals surface area (Å²) in [6.07, 6.45) is -0.163. The fraction of sp³-hybridized carbons (Fsp3) is 0.647. The quantitative estimate of drug-likeness (QED) is 0.548. The fourth-order valence-corrected chi connectivity index (χ4v) is 4.71. The molecule has 1 rings (SSSR count). The SMILES string of the molecule is CCC(OS(=O)(=O)c1ccc(C)cc1)C(O[SiH](C)C)C(C)(C)C. The van der Waals surface area contributed by atoms with E-state index in [1.807, 2.05) is 13.8 Å². The van der Waals surface area contributed by atoms with E-state index >= 15 is 0 Å². The standard InChI is InChI=1S/C17H30O4SSi/c1-8-15(16(17(3,4)5)21-23(6)7)20-22(18,19)14-11-9-13(2)10-12-14/h9-12,15-16,23H,8H2,1-7H3. The first-order chi connectivity index (χ1) is 10.5. The highest BCUT2D eigenvalue weighted by Crippen LogP contribution is 2.30. The van der Waals surface area contributed by atoms with Gasteiger partial charge in [-0.3, -0.25) is 4.18 Å². The van der Waals surface area contributed by atoms with Gasteiger partial charge in [0.25, 0.3) is 10.1 Å². The summed E-state index contributed by atoms with van der Waals surface area (Å²) in [7, 11) is -5.12. The third-order valence-electron chi connectivity index (χ3n) is 3.57. The molecule has 0 aliphatic carbocycles. The molecule has 0 heterocycles.